The number of methoxy groups -OCH3 is 1. The standard InChI is InChI=1S/C20H26N2O4/c1-24-18-5-4-16(12-22-15-20(23)6-9-25-10-7-20)11-19(18)26-14-17-3-2-8-21-13-17/h2-5,8,11,13,22-23H,6-7,9-10,12,14-15H2,1H3. The first-order chi connectivity index (χ1) is 12.7. The van der Waals surface area contributed by atoms with Crippen LogP contribution >= 0.6 is 0 Å². The van der Waals surface area contributed by atoms with Gasteiger partial charge < -0.3 is 24.6 Å². The topological polar surface area (TPSA) is 72.8 Å². The quantitative estimate of drug-likeness (QED) is 0.754. The van der Waals surface area contributed by atoms with Gasteiger partial charge in [-0.2, -0.15) is 0 Å². The smallest absolute Gasteiger partial charge is 0.161 e. The van der Waals surface area contributed by atoms with Crippen molar-refractivity contribution in [2.24, 2.45) is 0 Å². The Morgan fingerprint density at radius 2 is 2.04 bits per heavy atom. The summed E-state index contributed by atoms with van der Waals surface area (Å²) in [4.78, 5) is 4.09. The van der Waals surface area contributed by atoms with Gasteiger partial charge in [-0.3, -0.25) is 4.98 Å². The lowest BCUT2D eigenvalue weighted by atomic mass is 9.94. The van der Waals surface area contributed by atoms with Gasteiger partial charge in [-0.15, -0.1) is 0 Å². The molecule has 1 aromatic carbocycles. The number of pyridine rings is 1. The zero-order chi connectivity index (χ0) is 18.2. The molecular formula is C20H26N2O4. The second-order valence-electron chi connectivity index (χ2n) is 6.58. The van der Waals surface area contributed by atoms with Gasteiger partial charge in [-0.25, -0.2) is 0 Å². The second-order valence-corrected chi connectivity index (χ2v) is 6.58. The Kier molecular flexibility index (Phi) is 6.44. The summed E-state index contributed by atoms with van der Waals surface area (Å²) < 4.78 is 16.6. The Hall–Kier alpha value is -2.15. The molecule has 6 heteroatoms. The molecule has 0 aliphatic carbocycles. The summed E-state index contributed by atoms with van der Waals surface area (Å²) in [6.07, 6.45) is 4.86. The van der Waals surface area contributed by atoms with Crippen molar-refractivity contribution in [3.8, 4) is 11.5 Å². The van der Waals surface area contributed by atoms with Crippen molar-refractivity contribution in [3.05, 3.63) is 53.9 Å². The Morgan fingerprint density at radius 1 is 1.19 bits per heavy atom. The van der Waals surface area contributed by atoms with Crippen molar-refractivity contribution >= 4 is 0 Å². The molecule has 1 fully saturated rings. The number of rotatable bonds is 8. The first-order valence-electron chi connectivity index (χ1n) is 8.88. The molecule has 0 bridgehead atoms. The molecule has 0 spiro atoms. The number of aliphatic hydroxyl groups is 1. The Morgan fingerprint density at radius 3 is 2.77 bits per heavy atom. The largest absolute Gasteiger partial charge is 0.493 e. The molecule has 1 aliphatic heterocycles. The minimum atomic E-state index is -0.676. The molecule has 0 atom stereocenters. The fraction of sp³-hybridized carbons (Fsp3) is 0.450. The van der Waals surface area contributed by atoms with Crippen molar-refractivity contribution in [1.82, 2.24) is 10.3 Å². The van der Waals surface area contributed by atoms with Gasteiger partial charge >= 0.3 is 0 Å². The van der Waals surface area contributed by atoms with Crippen LogP contribution in [0.1, 0.15) is 24.0 Å². The van der Waals surface area contributed by atoms with Gasteiger partial charge in [-0.1, -0.05) is 12.1 Å². The van der Waals surface area contributed by atoms with Crippen molar-refractivity contribution in [2.75, 3.05) is 26.9 Å². The molecule has 26 heavy (non-hydrogen) atoms. The van der Waals surface area contributed by atoms with Gasteiger partial charge in [0.2, 0.25) is 0 Å². The monoisotopic (exact) mass is 358 g/mol. The van der Waals surface area contributed by atoms with E-state index in [9.17, 15) is 5.11 Å². The molecule has 140 valence electrons. The molecule has 3 rings (SSSR count). The molecule has 0 unspecified atom stereocenters. The maximum Gasteiger partial charge on any atom is 0.161 e. The molecule has 2 heterocycles. The number of nitrogens with zero attached hydrogens (tertiary/aromatic N) is 1. The predicted molar refractivity (Wildman–Crippen MR) is 98.3 cm³/mol. The van der Waals surface area contributed by atoms with Crippen molar-refractivity contribution < 1.29 is 19.3 Å². The third-order valence-electron chi connectivity index (χ3n) is 4.55. The third kappa shape index (κ3) is 5.17. The van der Waals surface area contributed by atoms with Gasteiger partial charge in [0.05, 0.1) is 12.7 Å². The van der Waals surface area contributed by atoms with Gasteiger partial charge in [-0.05, 0) is 23.8 Å². The van der Waals surface area contributed by atoms with Gasteiger partial charge in [0.15, 0.2) is 11.5 Å². The third-order valence-corrected chi connectivity index (χ3v) is 4.55. The highest BCUT2D eigenvalue weighted by Gasteiger charge is 2.29. The number of aromatic nitrogens is 1. The Bertz CT molecular complexity index is 687. The van der Waals surface area contributed by atoms with Crippen LogP contribution < -0.4 is 14.8 Å². The summed E-state index contributed by atoms with van der Waals surface area (Å²) in [5.74, 6) is 1.39. The van der Waals surface area contributed by atoms with E-state index >= 15 is 0 Å². The summed E-state index contributed by atoms with van der Waals surface area (Å²) in [6, 6.07) is 9.72. The van der Waals surface area contributed by atoms with E-state index in [2.05, 4.69) is 10.3 Å². The second kappa shape index (κ2) is 8.98. The minimum Gasteiger partial charge on any atom is -0.493 e. The zero-order valence-electron chi connectivity index (χ0n) is 15.1. The van der Waals surface area contributed by atoms with Gasteiger partial charge in [0.25, 0.3) is 0 Å². The van der Waals surface area contributed by atoms with Crippen LogP contribution in [0.15, 0.2) is 42.7 Å². The molecule has 1 aliphatic rings. The fourth-order valence-corrected chi connectivity index (χ4v) is 2.96. The molecule has 6 nitrogen and oxygen atoms in total. The summed E-state index contributed by atoms with van der Waals surface area (Å²) in [7, 11) is 1.63. The van der Waals surface area contributed by atoms with Crippen LogP contribution in [0.5, 0.6) is 11.5 Å². The Balaban J connectivity index is 1.57. The van der Waals surface area contributed by atoms with Crippen LogP contribution in [0.3, 0.4) is 0 Å². The molecule has 0 amide bonds. The van der Waals surface area contributed by atoms with Crippen LogP contribution in [0.4, 0.5) is 0 Å². The maximum absolute atomic E-state index is 10.5. The lowest BCUT2D eigenvalue weighted by Gasteiger charge is -2.32. The van der Waals surface area contributed by atoms with Crippen molar-refractivity contribution in [2.45, 2.75) is 31.6 Å². The average Bonchev–Trinajstić information content (AvgIpc) is 2.68. The molecule has 1 aromatic heterocycles. The van der Waals surface area contributed by atoms with E-state index in [4.69, 9.17) is 14.2 Å². The SMILES string of the molecule is COc1ccc(CNCC2(O)CCOCC2)cc1OCc1cccnc1. The van der Waals surface area contributed by atoms with E-state index in [1.54, 1.807) is 19.5 Å². The van der Waals surface area contributed by atoms with E-state index in [-0.39, 0.29) is 0 Å². The molecular weight excluding hydrogens is 332 g/mol. The zero-order valence-corrected chi connectivity index (χ0v) is 15.1. The number of hydrogen-bond donors (Lipinski definition) is 2. The number of ether oxygens (including phenoxy) is 3. The van der Waals surface area contributed by atoms with E-state index in [1.165, 1.54) is 0 Å². The molecule has 2 N–H and O–H groups in total. The van der Waals surface area contributed by atoms with E-state index in [0.29, 0.717) is 57.3 Å². The van der Waals surface area contributed by atoms with Crippen LogP contribution in [0, 0.1) is 0 Å². The highest BCUT2D eigenvalue weighted by atomic mass is 16.5. The van der Waals surface area contributed by atoms with Crippen molar-refractivity contribution in [3.63, 3.8) is 0 Å². The van der Waals surface area contributed by atoms with Crippen LogP contribution in [-0.2, 0) is 17.9 Å². The molecule has 0 radical (unpaired) electrons. The number of nitrogens with one attached hydrogen (secondary N) is 1. The van der Waals surface area contributed by atoms with E-state index in [0.717, 1.165) is 11.1 Å². The number of hydrogen-bond acceptors (Lipinski definition) is 6. The Labute approximate surface area is 154 Å². The lowest BCUT2D eigenvalue weighted by molar-refractivity contribution is -0.0617. The van der Waals surface area contributed by atoms with E-state index < -0.39 is 5.60 Å². The maximum atomic E-state index is 10.5. The minimum absolute atomic E-state index is 0.431. The van der Waals surface area contributed by atoms with Crippen molar-refractivity contribution in [1.29, 1.82) is 0 Å². The highest BCUT2D eigenvalue weighted by molar-refractivity contribution is 5.43. The number of benzene rings is 1. The predicted octanol–water partition coefficient (Wildman–Crippen LogP) is 2.30. The normalized spacial score (nSPS) is 16.2. The highest BCUT2D eigenvalue weighted by Crippen LogP contribution is 2.29. The summed E-state index contributed by atoms with van der Waals surface area (Å²) in [6.45, 7) is 2.87. The van der Waals surface area contributed by atoms with Crippen LogP contribution in [-0.4, -0.2) is 42.6 Å². The summed E-state index contributed by atoms with van der Waals surface area (Å²) >= 11 is 0. The molecule has 1 saturated heterocycles. The summed E-state index contributed by atoms with van der Waals surface area (Å²) in [5.41, 5.74) is 1.40. The first kappa shape index (κ1) is 18.6. The van der Waals surface area contributed by atoms with Gasteiger partial charge in [0, 0.05) is 57.1 Å². The average molecular weight is 358 g/mol. The first-order valence-corrected chi connectivity index (χ1v) is 8.88. The van der Waals surface area contributed by atoms with Gasteiger partial charge in [0.1, 0.15) is 6.61 Å². The lowest BCUT2D eigenvalue weighted by Crippen LogP contribution is -2.44. The van der Waals surface area contributed by atoms with E-state index in [1.807, 2.05) is 30.3 Å². The summed E-state index contributed by atoms with van der Waals surface area (Å²) in [5, 5.41) is 13.8. The van der Waals surface area contributed by atoms with Crippen LogP contribution in [0.2, 0.25) is 0 Å². The molecule has 0 saturated carbocycles. The van der Waals surface area contributed by atoms with Crippen LogP contribution in [0.25, 0.3) is 0 Å². The molecule has 2 aromatic rings. The fourth-order valence-electron chi connectivity index (χ4n) is 2.96.